The Morgan fingerprint density at radius 2 is 1.86 bits per heavy atom. The van der Waals surface area contributed by atoms with Gasteiger partial charge in [-0.25, -0.2) is 4.79 Å². The number of aromatic nitrogens is 1. The molecule has 1 fully saturated rings. The highest BCUT2D eigenvalue weighted by Crippen LogP contribution is 2.34. The lowest BCUT2D eigenvalue weighted by Crippen LogP contribution is -2.56. The maximum absolute atomic E-state index is 13.4. The number of pyridine rings is 1. The number of likely N-dealkylation sites (tertiary alicyclic amines) is 1. The molecule has 1 aliphatic carbocycles. The standard InChI is InChI=1S/C29H36N4O3/c34-27-13-7-12-26-24-16-23(19-33(26)27)18-32(20-24)29(36)31-25(17-22-10-5-2-6-11-22)28(35)30-15-14-21-8-3-1-4-9-21/h2,5-8,10-13,23-25H,1,3-4,9,14-20H2,(H,30,35)(H,31,36)/t23-,24+,25-/m0/s1. The van der Waals surface area contributed by atoms with Crippen LogP contribution in [-0.2, 0) is 17.8 Å². The molecule has 3 amide bonds. The monoisotopic (exact) mass is 488 g/mol. The minimum Gasteiger partial charge on any atom is -0.354 e. The topological polar surface area (TPSA) is 83.4 Å². The normalized spacial score (nSPS) is 21.7. The van der Waals surface area contributed by atoms with Gasteiger partial charge in [-0.05, 0) is 56.1 Å². The highest BCUT2D eigenvalue weighted by Gasteiger charge is 2.37. The predicted molar refractivity (Wildman–Crippen MR) is 140 cm³/mol. The second kappa shape index (κ2) is 11.1. The zero-order valence-electron chi connectivity index (χ0n) is 20.8. The van der Waals surface area contributed by atoms with Gasteiger partial charge < -0.3 is 20.1 Å². The molecule has 2 aliphatic heterocycles. The van der Waals surface area contributed by atoms with Gasteiger partial charge in [-0.1, -0.05) is 48.0 Å². The first-order chi connectivity index (χ1) is 17.6. The van der Waals surface area contributed by atoms with Gasteiger partial charge in [0.15, 0.2) is 0 Å². The Kier molecular flexibility index (Phi) is 7.54. The average molecular weight is 489 g/mol. The predicted octanol–water partition coefficient (Wildman–Crippen LogP) is 3.60. The zero-order chi connectivity index (χ0) is 24.9. The van der Waals surface area contributed by atoms with E-state index in [1.54, 1.807) is 12.1 Å². The summed E-state index contributed by atoms with van der Waals surface area (Å²) in [7, 11) is 0. The lowest BCUT2D eigenvalue weighted by molar-refractivity contribution is -0.122. The Morgan fingerprint density at radius 1 is 1.00 bits per heavy atom. The smallest absolute Gasteiger partial charge is 0.318 e. The first-order valence-electron chi connectivity index (χ1n) is 13.3. The lowest BCUT2D eigenvalue weighted by atomic mass is 9.83. The highest BCUT2D eigenvalue weighted by atomic mass is 16.2. The Bertz CT molecular complexity index is 1170. The number of benzene rings is 1. The van der Waals surface area contributed by atoms with Crippen LogP contribution < -0.4 is 16.2 Å². The van der Waals surface area contributed by atoms with E-state index in [0.717, 1.165) is 36.9 Å². The van der Waals surface area contributed by atoms with E-state index in [0.29, 0.717) is 32.6 Å². The van der Waals surface area contributed by atoms with Crippen LogP contribution in [0, 0.1) is 5.92 Å². The molecule has 0 radical (unpaired) electrons. The largest absolute Gasteiger partial charge is 0.354 e. The van der Waals surface area contributed by atoms with Crippen LogP contribution in [0.3, 0.4) is 0 Å². The van der Waals surface area contributed by atoms with Crippen molar-refractivity contribution in [2.24, 2.45) is 5.92 Å². The Hall–Kier alpha value is -3.35. The zero-order valence-corrected chi connectivity index (χ0v) is 20.8. The van der Waals surface area contributed by atoms with Crippen molar-refractivity contribution in [2.75, 3.05) is 19.6 Å². The fourth-order valence-electron chi connectivity index (χ4n) is 5.96. The number of fused-ring (bicyclic) bond motifs is 4. The van der Waals surface area contributed by atoms with Crippen LogP contribution in [0.25, 0.3) is 0 Å². The molecular formula is C29H36N4O3. The summed E-state index contributed by atoms with van der Waals surface area (Å²) in [5.74, 6) is 0.243. The van der Waals surface area contributed by atoms with Crippen molar-refractivity contribution in [3.8, 4) is 0 Å². The molecule has 1 aromatic carbocycles. The van der Waals surface area contributed by atoms with E-state index in [1.165, 1.54) is 18.4 Å². The maximum atomic E-state index is 13.4. The number of amides is 3. The van der Waals surface area contributed by atoms with Gasteiger partial charge in [-0.3, -0.25) is 9.59 Å². The van der Waals surface area contributed by atoms with Gasteiger partial charge in [0, 0.05) is 50.3 Å². The molecule has 2 aromatic rings. The summed E-state index contributed by atoms with van der Waals surface area (Å²) >= 11 is 0. The van der Waals surface area contributed by atoms with E-state index in [-0.39, 0.29) is 29.3 Å². The van der Waals surface area contributed by atoms with Crippen LogP contribution in [0.4, 0.5) is 4.79 Å². The summed E-state index contributed by atoms with van der Waals surface area (Å²) < 4.78 is 1.86. The van der Waals surface area contributed by atoms with Crippen molar-refractivity contribution >= 4 is 11.9 Å². The minimum atomic E-state index is -0.642. The van der Waals surface area contributed by atoms with E-state index in [4.69, 9.17) is 0 Å². The molecule has 0 saturated carbocycles. The summed E-state index contributed by atoms with van der Waals surface area (Å²) in [6, 6.07) is 14.4. The first-order valence-corrected chi connectivity index (χ1v) is 13.3. The molecule has 2 bridgehead atoms. The van der Waals surface area contributed by atoms with Crippen LogP contribution in [0.2, 0.25) is 0 Å². The summed E-state index contributed by atoms with van der Waals surface area (Å²) in [6.07, 6.45) is 9.33. The van der Waals surface area contributed by atoms with E-state index in [1.807, 2.05) is 45.9 Å². The molecule has 5 rings (SSSR count). The fourth-order valence-corrected chi connectivity index (χ4v) is 5.96. The molecule has 1 saturated heterocycles. The maximum Gasteiger partial charge on any atom is 0.318 e. The molecule has 7 heteroatoms. The molecular weight excluding hydrogens is 452 g/mol. The Labute approximate surface area is 212 Å². The summed E-state index contributed by atoms with van der Waals surface area (Å²) in [5, 5.41) is 6.11. The first kappa shape index (κ1) is 24.3. The fraction of sp³-hybridized carbons (Fsp3) is 0.483. The Morgan fingerprint density at radius 3 is 2.67 bits per heavy atom. The van der Waals surface area contributed by atoms with Gasteiger partial charge in [0.2, 0.25) is 5.91 Å². The van der Waals surface area contributed by atoms with Crippen LogP contribution in [0.1, 0.15) is 55.7 Å². The van der Waals surface area contributed by atoms with E-state index in [9.17, 15) is 14.4 Å². The molecule has 7 nitrogen and oxygen atoms in total. The number of urea groups is 1. The van der Waals surface area contributed by atoms with Crippen LogP contribution in [0.15, 0.2) is 65.0 Å². The number of nitrogens with zero attached hydrogens (tertiary/aromatic N) is 2. The van der Waals surface area contributed by atoms with Crippen LogP contribution in [-0.4, -0.2) is 47.1 Å². The van der Waals surface area contributed by atoms with E-state index in [2.05, 4.69) is 16.7 Å². The average Bonchev–Trinajstić information content (AvgIpc) is 2.90. The third kappa shape index (κ3) is 5.72. The van der Waals surface area contributed by atoms with E-state index < -0.39 is 6.04 Å². The van der Waals surface area contributed by atoms with Gasteiger partial charge in [0.25, 0.3) is 5.56 Å². The summed E-state index contributed by atoms with van der Waals surface area (Å²) in [6.45, 7) is 2.38. The number of piperidine rings is 1. The van der Waals surface area contributed by atoms with Crippen molar-refractivity contribution in [3.05, 3.63) is 81.8 Å². The number of hydrogen-bond acceptors (Lipinski definition) is 3. The van der Waals surface area contributed by atoms with Crippen molar-refractivity contribution in [3.63, 3.8) is 0 Å². The lowest BCUT2D eigenvalue weighted by Gasteiger charge is -2.43. The number of nitrogens with one attached hydrogen (secondary N) is 2. The minimum absolute atomic E-state index is 0.0312. The number of hydrogen-bond donors (Lipinski definition) is 2. The molecule has 0 unspecified atom stereocenters. The van der Waals surface area contributed by atoms with Gasteiger partial charge in [0.1, 0.15) is 6.04 Å². The van der Waals surface area contributed by atoms with Crippen LogP contribution >= 0.6 is 0 Å². The number of carbonyl (C=O) groups excluding carboxylic acids is 2. The number of carbonyl (C=O) groups is 2. The van der Waals surface area contributed by atoms with Crippen molar-refractivity contribution in [1.29, 1.82) is 0 Å². The van der Waals surface area contributed by atoms with Crippen molar-refractivity contribution in [1.82, 2.24) is 20.1 Å². The molecule has 190 valence electrons. The number of allylic oxidation sites excluding steroid dienone is 1. The number of rotatable bonds is 7. The second-order valence-corrected chi connectivity index (χ2v) is 10.4. The summed E-state index contributed by atoms with van der Waals surface area (Å²) in [4.78, 5) is 40.7. The molecule has 36 heavy (non-hydrogen) atoms. The highest BCUT2D eigenvalue weighted by molar-refractivity contribution is 5.87. The molecule has 3 atom stereocenters. The summed E-state index contributed by atoms with van der Waals surface area (Å²) in [5.41, 5.74) is 3.47. The van der Waals surface area contributed by atoms with Crippen LogP contribution in [0.5, 0.6) is 0 Å². The SMILES string of the molecule is O=C(NCCC1=CCCCC1)[C@H](Cc1ccccc1)NC(=O)N1C[C@@H]2C[C@H](C1)c1cccc(=O)n1C2. The molecule has 1 aromatic heterocycles. The van der Waals surface area contributed by atoms with Crippen molar-refractivity contribution in [2.45, 2.75) is 63.5 Å². The third-order valence-corrected chi connectivity index (χ3v) is 7.79. The third-order valence-electron chi connectivity index (χ3n) is 7.79. The molecule has 3 aliphatic rings. The van der Waals surface area contributed by atoms with Gasteiger partial charge >= 0.3 is 6.03 Å². The molecule has 3 heterocycles. The molecule has 0 spiro atoms. The Balaban J connectivity index is 1.24. The van der Waals surface area contributed by atoms with Gasteiger partial charge in [-0.2, -0.15) is 0 Å². The quantitative estimate of drug-likeness (QED) is 0.584. The second-order valence-electron chi connectivity index (χ2n) is 10.4. The van der Waals surface area contributed by atoms with E-state index >= 15 is 0 Å². The van der Waals surface area contributed by atoms with Gasteiger partial charge in [-0.15, -0.1) is 0 Å². The molecule has 2 N–H and O–H groups in total. The van der Waals surface area contributed by atoms with Gasteiger partial charge in [0.05, 0.1) is 0 Å². The van der Waals surface area contributed by atoms with Crippen molar-refractivity contribution < 1.29 is 9.59 Å².